The minimum absolute atomic E-state index is 0.0421. The molecule has 1 atom stereocenters. The lowest BCUT2D eigenvalue weighted by Crippen LogP contribution is -2.41. The smallest absolute Gasteiger partial charge is 0.278 e. The number of nitrogens with zero attached hydrogens (tertiary/aromatic N) is 3. The molecular formula is C17H18ClN3O4S. The van der Waals surface area contributed by atoms with Gasteiger partial charge in [0.25, 0.3) is 5.91 Å². The zero-order valence-electron chi connectivity index (χ0n) is 14.3. The van der Waals surface area contributed by atoms with Crippen molar-refractivity contribution in [2.75, 3.05) is 18.6 Å². The number of aryl methyl sites for hydroxylation is 1. The third-order valence-corrected chi connectivity index (χ3v) is 6.54. The zero-order valence-corrected chi connectivity index (χ0v) is 15.9. The van der Waals surface area contributed by atoms with Crippen LogP contribution in [-0.4, -0.2) is 53.6 Å². The van der Waals surface area contributed by atoms with Crippen LogP contribution < -0.4 is 5.43 Å². The van der Waals surface area contributed by atoms with Crippen LogP contribution in [0.1, 0.15) is 22.6 Å². The summed E-state index contributed by atoms with van der Waals surface area (Å²) in [6, 6.07) is 7.83. The molecule has 1 saturated heterocycles. The third kappa shape index (κ3) is 3.52. The molecule has 1 aromatic carbocycles. The Bertz CT molecular complexity index is 1030. The third-order valence-electron chi connectivity index (χ3n) is 4.47. The second-order valence-electron chi connectivity index (χ2n) is 6.33. The van der Waals surface area contributed by atoms with Gasteiger partial charge in [-0.1, -0.05) is 23.7 Å². The summed E-state index contributed by atoms with van der Waals surface area (Å²) >= 11 is 6.20. The van der Waals surface area contributed by atoms with E-state index in [-0.39, 0.29) is 17.2 Å². The van der Waals surface area contributed by atoms with E-state index in [1.54, 1.807) is 31.2 Å². The van der Waals surface area contributed by atoms with Crippen molar-refractivity contribution in [3.05, 3.63) is 57.0 Å². The average molecular weight is 396 g/mol. The minimum atomic E-state index is -3.14. The number of hydrogen-bond acceptors (Lipinski definition) is 5. The first-order valence-corrected chi connectivity index (χ1v) is 10.2. The Kier molecular flexibility index (Phi) is 4.90. The fraction of sp³-hybridized carbons (Fsp3) is 0.353. The molecule has 1 aromatic heterocycles. The van der Waals surface area contributed by atoms with Crippen LogP contribution >= 0.6 is 11.6 Å². The molecule has 7 nitrogen and oxygen atoms in total. The van der Waals surface area contributed by atoms with Gasteiger partial charge in [0.15, 0.2) is 15.5 Å². The van der Waals surface area contributed by atoms with Crippen LogP contribution in [0.4, 0.5) is 0 Å². The van der Waals surface area contributed by atoms with Gasteiger partial charge in [-0.3, -0.25) is 9.59 Å². The normalized spacial score (nSPS) is 18.7. The molecule has 1 aliphatic rings. The van der Waals surface area contributed by atoms with E-state index in [1.165, 1.54) is 22.7 Å². The number of amides is 1. The highest BCUT2D eigenvalue weighted by molar-refractivity contribution is 7.91. The maximum Gasteiger partial charge on any atom is 0.278 e. The zero-order chi connectivity index (χ0) is 19.1. The molecule has 138 valence electrons. The molecule has 1 amide bonds. The van der Waals surface area contributed by atoms with Crippen LogP contribution in [-0.2, 0) is 9.84 Å². The number of carbonyl (C=O) groups excluding carboxylic acids is 1. The van der Waals surface area contributed by atoms with Crippen LogP contribution in [0.2, 0.25) is 5.02 Å². The molecule has 2 heterocycles. The molecule has 1 unspecified atom stereocenters. The molecule has 3 rings (SSSR count). The number of benzene rings is 1. The topological polar surface area (TPSA) is 89.3 Å². The monoisotopic (exact) mass is 395 g/mol. The lowest BCUT2D eigenvalue weighted by molar-refractivity contribution is 0.0738. The number of para-hydroxylation sites is 1. The Morgan fingerprint density at radius 2 is 2.04 bits per heavy atom. The summed E-state index contributed by atoms with van der Waals surface area (Å²) < 4.78 is 24.8. The molecule has 2 aromatic rings. The Morgan fingerprint density at radius 3 is 2.65 bits per heavy atom. The highest BCUT2D eigenvalue weighted by atomic mass is 35.5. The van der Waals surface area contributed by atoms with Crippen molar-refractivity contribution in [3.63, 3.8) is 0 Å². The maximum absolute atomic E-state index is 12.8. The molecule has 0 N–H and O–H groups in total. The average Bonchev–Trinajstić information content (AvgIpc) is 2.95. The van der Waals surface area contributed by atoms with E-state index >= 15 is 0 Å². The van der Waals surface area contributed by atoms with Gasteiger partial charge in [0.05, 0.1) is 22.2 Å². The lowest BCUT2D eigenvalue weighted by atomic mass is 10.2. The fourth-order valence-corrected chi connectivity index (χ4v) is 4.97. The predicted molar refractivity (Wildman–Crippen MR) is 98.7 cm³/mol. The molecule has 0 radical (unpaired) electrons. The first-order valence-electron chi connectivity index (χ1n) is 8.03. The van der Waals surface area contributed by atoms with Crippen molar-refractivity contribution < 1.29 is 13.2 Å². The van der Waals surface area contributed by atoms with E-state index in [0.29, 0.717) is 22.8 Å². The van der Waals surface area contributed by atoms with Gasteiger partial charge in [-0.15, -0.1) is 0 Å². The number of sulfone groups is 1. The molecule has 0 bridgehead atoms. The molecule has 1 aliphatic heterocycles. The largest absolute Gasteiger partial charge is 0.336 e. The summed E-state index contributed by atoms with van der Waals surface area (Å²) in [6.07, 6.45) is 0.356. The van der Waals surface area contributed by atoms with E-state index in [2.05, 4.69) is 5.10 Å². The second kappa shape index (κ2) is 6.85. The first-order chi connectivity index (χ1) is 12.2. The number of rotatable bonds is 3. The summed E-state index contributed by atoms with van der Waals surface area (Å²) in [4.78, 5) is 26.4. The summed E-state index contributed by atoms with van der Waals surface area (Å²) in [7, 11) is -1.65. The van der Waals surface area contributed by atoms with Gasteiger partial charge in [0.2, 0.25) is 5.43 Å². The molecule has 0 aliphatic carbocycles. The van der Waals surface area contributed by atoms with Crippen LogP contribution in [0.25, 0.3) is 5.69 Å². The van der Waals surface area contributed by atoms with E-state index in [1.807, 2.05) is 0 Å². The lowest BCUT2D eigenvalue weighted by Gasteiger charge is -2.23. The Hall–Kier alpha value is -2.19. The highest BCUT2D eigenvalue weighted by Crippen LogP contribution is 2.21. The van der Waals surface area contributed by atoms with Crippen molar-refractivity contribution in [2.24, 2.45) is 0 Å². The van der Waals surface area contributed by atoms with E-state index in [9.17, 15) is 18.0 Å². The molecular weight excluding hydrogens is 378 g/mol. The van der Waals surface area contributed by atoms with Crippen LogP contribution in [0.5, 0.6) is 0 Å². The Labute approximate surface area is 156 Å². The minimum Gasteiger partial charge on any atom is -0.336 e. The van der Waals surface area contributed by atoms with Crippen molar-refractivity contribution in [2.45, 2.75) is 19.4 Å². The molecule has 0 saturated carbocycles. The van der Waals surface area contributed by atoms with Crippen LogP contribution in [0.3, 0.4) is 0 Å². The van der Waals surface area contributed by atoms with Crippen LogP contribution in [0.15, 0.2) is 35.1 Å². The molecule has 1 fully saturated rings. The van der Waals surface area contributed by atoms with Gasteiger partial charge in [-0.05, 0) is 25.5 Å². The van der Waals surface area contributed by atoms with E-state index in [4.69, 9.17) is 11.6 Å². The van der Waals surface area contributed by atoms with Crippen molar-refractivity contribution >= 4 is 27.3 Å². The van der Waals surface area contributed by atoms with Crippen molar-refractivity contribution in [1.82, 2.24) is 14.7 Å². The maximum atomic E-state index is 12.8. The fourth-order valence-electron chi connectivity index (χ4n) is 2.98. The van der Waals surface area contributed by atoms with Crippen molar-refractivity contribution in [1.29, 1.82) is 0 Å². The number of halogens is 1. The molecule has 26 heavy (non-hydrogen) atoms. The van der Waals surface area contributed by atoms with Gasteiger partial charge in [-0.25, -0.2) is 13.1 Å². The number of carbonyl (C=O) groups is 1. The summed E-state index contributed by atoms with van der Waals surface area (Å²) in [6.45, 7) is 1.69. The summed E-state index contributed by atoms with van der Waals surface area (Å²) in [5.74, 6) is -0.654. The predicted octanol–water partition coefficient (Wildman–Crippen LogP) is 1.45. The summed E-state index contributed by atoms with van der Waals surface area (Å²) in [5, 5.41) is 4.64. The van der Waals surface area contributed by atoms with Gasteiger partial charge >= 0.3 is 0 Å². The SMILES string of the molecule is Cc1cc(=O)c(C(=O)N(C)C2CCS(=O)(=O)C2)nn1-c1ccccc1Cl. The second-order valence-corrected chi connectivity index (χ2v) is 8.97. The first kappa shape index (κ1) is 18.6. The quantitative estimate of drug-likeness (QED) is 0.784. The molecule has 0 spiro atoms. The molecule has 9 heteroatoms. The van der Waals surface area contributed by atoms with Crippen LogP contribution in [0, 0.1) is 6.92 Å². The highest BCUT2D eigenvalue weighted by Gasteiger charge is 2.34. The standard InChI is InChI=1S/C17H18ClN3O4S/c1-11-9-15(22)16(19-21(11)14-6-4-3-5-13(14)18)17(23)20(2)12-7-8-26(24,25)10-12/h3-6,9,12H,7-8,10H2,1-2H3. The van der Waals surface area contributed by atoms with Gasteiger partial charge < -0.3 is 4.90 Å². The van der Waals surface area contributed by atoms with E-state index < -0.39 is 27.2 Å². The Balaban J connectivity index is 2.00. The summed E-state index contributed by atoms with van der Waals surface area (Å²) in [5.41, 5.74) is 0.309. The van der Waals surface area contributed by atoms with E-state index in [0.717, 1.165) is 0 Å². The number of aromatic nitrogens is 2. The van der Waals surface area contributed by atoms with Gasteiger partial charge in [0.1, 0.15) is 0 Å². The van der Waals surface area contributed by atoms with Gasteiger partial charge in [0, 0.05) is 24.8 Å². The number of hydrogen-bond donors (Lipinski definition) is 0. The van der Waals surface area contributed by atoms with Gasteiger partial charge in [-0.2, -0.15) is 5.10 Å². The Morgan fingerprint density at radius 1 is 1.35 bits per heavy atom. The van der Waals surface area contributed by atoms with Crippen molar-refractivity contribution in [3.8, 4) is 5.69 Å².